The molecule has 1 fully saturated rings. The van der Waals surface area contributed by atoms with Crippen LogP contribution in [0.5, 0.6) is 5.75 Å². The van der Waals surface area contributed by atoms with E-state index in [0.29, 0.717) is 35.8 Å². The molecule has 6 nitrogen and oxygen atoms in total. The van der Waals surface area contributed by atoms with Gasteiger partial charge in [0.05, 0.1) is 18.2 Å². The van der Waals surface area contributed by atoms with Crippen molar-refractivity contribution in [2.45, 2.75) is 57.9 Å². The van der Waals surface area contributed by atoms with Crippen LogP contribution in [-0.4, -0.2) is 23.7 Å². The fraction of sp³-hybridized carbons (Fsp3) is 0.524. The van der Waals surface area contributed by atoms with Gasteiger partial charge in [0.2, 0.25) is 0 Å². The van der Waals surface area contributed by atoms with Crippen molar-refractivity contribution < 1.29 is 19.4 Å². The predicted octanol–water partition coefficient (Wildman–Crippen LogP) is 3.92. The van der Waals surface area contributed by atoms with Gasteiger partial charge in [-0.1, -0.05) is 51.2 Å². The fourth-order valence-corrected chi connectivity index (χ4v) is 3.96. The van der Waals surface area contributed by atoms with Crippen molar-refractivity contribution in [2.24, 2.45) is 5.92 Å². The van der Waals surface area contributed by atoms with Gasteiger partial charge in [-0.3, -0.25) is 0 Å². The highest BCUT2D eigenvalue weighted by Gasteiger charge is 2.33. The summed E-state index contributed by atoms with van der Waals surface area (Å²) in [6.45, 7) is 2.28. The molecule has 3 rings (SSSR count). The van der Waals surface area contributed by atoms with E-state index in [1.54, 1.807) is 24.3 Å². The average molecular weight is 372 g/mol. The van der Waals surface area contributed by atoms with E-state index in [9.17, 15) is 14.7 Å². The Bertz CT molecular complexity index is 723. The molecule has 2 aliphatic rings. The molecule has 2 amide bonds. The van der Waals surface area contributed by atoms with Gasteiger partial charge in [-0.05, 0) is 36.5 Å². The predicted molar refractivity (Wildman–Crippen MR) is 102 cm³/mol. The van der Waals surface area contributed by atoms with Crippen LogP contribution in [0.15, 0.2) is 35.5 Å². The number of rotatable bonds is 6. The maximum absolute atomic E-state index is 12.9. The topological polar surface area (TPSA) is 87.7 Å². The summed E-state index contributed by atoms with van der Waals surface area (Å²) in [5.74, 6) is 0.309. The molecule has 6 heteroatoms. The lowest BCUT2D eigenvalue weighted by atomic mass is 9.87. The minimum Gasteiger partial charge on any atom is -0.508 e. The molecular weight excluding hydrogens is 344 g/mol. The van der Waals surface area contributed by atoms with Crippen molar-refractivity contribution in [1.29, 1.82) is 0 Å². The van der Waals surface area contributed by atoms with Crippen LogP contribution in [0.1, 0.15) is 63.5 Å². The number of amides is 2. The van der Waals surface area contributed by atoms with Crippen molar-refractivity contribution in [2.75, 3.05) is 6.61 Å². The van der Waals surface area contributed by atoms with Crippen LogP contribution in [0, 0.1) is 5.92 Å². The second-order valence-corrected chi connectivity index (χ2v) is 7.30. The summed E-state index contributed by atoms with van der Waals surface area (Å²) in [5, 5.41) is 15.3. The van der Waals surface area contributed by atoms with Crippen molar-refractivity contribution in [3.63, 3.8) is 0 Å². The first-order chi connectivity index (χ1) is 13.1. The number of phenols is 1. The molecule has 3 N–H and O–H groups in total. The largest absolute Gasteiger partial charge is 0.508 e. The highest BCUT2D eigenvalue weighted by atomic mass is 16.5. The lowest BCUT2D eigenvalue weighted by Crippen LogP contribution is -2.45. The minimum atomic E-state index is -0.636. The Morgan fingerprint density at radius 3 is 2.74 bits per heavy atom. The zero-order chi connectivity index (χ0) is 19.2. The number of aromatic hydroxyl groups is 1. The molecule has 1 aromatic rings. The number of hydrogen-bond donors (Lipinski definition) is 3. The van der Waals surface area contributed by atoms with Gasteiger partial charge in [0.1, 0.15) is 5.75 Å². The summed E-state index contributed by atoms with van der Waals surface area (Å²) in [7, 11) is 0. The lowest BCUT2D eigenvalue weighted by Gasteiger charge is -2.29. The van der Waals surface area contributed by atoms with E-state index in [-0.39, 0.29) is 11.8 Å². The Labute approximate surface area is 160 Å². The second kappa shape index (κ2) is 8.93. The van der Waals surface area contributed by atoms with Gasteiger partial charge < -0.3 is 20.5 Å². The Hall–Kier alpha value is -2.50. The number of benzene rings is 1. The maximum atomic E-state index is 12.9. The molecule has 0 aromatic heterocycles. The average Bonchev–Trinajstić information content (AvgIpc) is 2.68. The molecular formula is C21H28N2O4. The number of nitrogens with one attached hydrogen (secondary N) is 2. The van der Waals surface area contributed by atoms with Crippen LogP contribution >= 0.6 is 0 Å². The monoisotopic (exact) mass is 372 g/mol. The van der Waals surface area contributed by atoms with E-state index < -0.39 is 12.0 Å². The molecule has 1 aromatic carbocycles. The molecule has 0 radical (unpaired) electrons. The number of hydrogen-bond acceptors (Lipinski definition) is 4. The zero-order valence-electron chi connectivity index (χ0n) is 15.8. The van der Waals surface area contributed by atoms with Crippen LogP contribution in [0.3, 0.4) is 0 Å². The molecule has 0 spiro atoms. The third-order valence-corrected chi connectivity index (χ3v) is 5.41. The van der Waals surface area contributed by atoms with Crippen LogP contribution in [0.25, 0.3) is 0 Å². The molecule has 0 bridgehead atoms. The van der Waals surface area contributed by atoms with Gasteiger partial charge >= 0.3 is 12.0 Å². The summed E-state index contributed by atoms with van der Waals surface area (Å²) in [6, 6.07) is 5.58. The number of esters is 1. The minimum absolute atomic E-state index is 0.0864. The Kier molecular flexibility index (Phi) is 6.37. The Balaban J connectivity index is 1.74. The van der Waals surface area contributed by atoms with E-state index in [2.05, 4.69) is 10.6 Å². The Morgan fingerprint density at radius 2 is 2.04 bits per heavy atom. The smallest absolute Gasteiger partial charge is 0.338 e. The van der Waals surface area contributed by atoms with E-state index in [1.165, 1.54) is 32.1 Å². The number of carbonyl (C=O) groups excluding carboxylic acids is 2. The summed E-state index contributed by atoms with van der Waals surface area (Å²) in [5.41, 5.74) is 1.62. The van der Waals surface area contributed by atoms with Gasteiger partial charge in [-0.25, -0.2) is 9.59 Å². The SMILES string of the molecule is CCC1=C(C(=O)OCCC2CCCCC2)C(c2cccc(O)c2)NC(=O)N1. The number of phenolic OH excluding ortho intramolecular Hbond substituents is 1. The van der Waals surface area contributed by atoms with Gasteiger partial charge in [-0.2, -0.15) is 0 Å². The van der Waals surface area contributed by atoms with Crippen molar-refractivity contribution >= 4 is 12.0 Å². The number of allylic oxidation sites excluding steroid dienone is 1. The highest BCUT2D eigenvalue weighted by molar-refractivity contribution is 5.95. The molecule has 1 heterocycles. The normalized spacial score (nSPS) is 20.8. The van der Waals surface area contributed by atoms with Crippen LogP contribution in [0.2, 0.25) is 0 Å². The molecule has 1 saturated carbocycles. The second-order valence-electron chi connectivity index (χ2n) is 7.30. The highest BCUT2D eigenvalue weighted by Crippen LogP contribution is 2.31. The summed E-state index contributed by atoms with van der Waals surface area (Å²) in [6.07, 6.45) is 7.65. The van der Waals surface area contributed by atoms with Gasteiger partial charge in [-0.15, -0.1) is 0 Å². The first kappa shape index (κ1) is 19.3. The van der Waals surface area contributed by atoms with E-state index in [1.807, 2.05) is 6.92 Å². The fourth-order valence-electron chi connectivity index (χ4n) is 3.96. The standard InChI is InChI=1S/C21H28N2O4/c1-2-17-18(20(25)27-12-11-14-7-4-3-5-8-14)19(23-21(26)22-17)15-9-6-10-16(24)13-15/h6,9-10,13-14,19,24H,2-5,7-8,11-12H2,1H3,(H2,22,23,26). The molecule has 1 aliphatic heterocycles. The molecule has 146 valence electrons. The molecule has 1 aliphatic carbocycles. The molecule has 27 heavy (non-hydrogen) atoms. The third-order valence-electron chi connectivity index (χ3n) is 5.41. The summed E-state index contributed by atoms with van der Waals surface area (Å²) < 4.78 is 5.58. The molecule has 0 saturated heterocycles. The first-order valence-electron chi connectivity index (χ1n) is 9.85. The van der Waals surface area contributed by atoms with Crippen molar-refractivity contribution in [3.8, 4) is 5.75 Å². The van der Waals surface area contributed by atoms with E-state index in [0.717, 1.165) is 6.42 Å². The van der Waals surface area contributed by atoms with Crippen molar-refractivity contribution in [1.82, 2.24) is 10.6 Å². The van der Waals surface area contributed by atoms with Gasteiger partial charge in [0.25, 0.3) is 0 Å². The van der Waals surface area contributed by atoms with E-state index >= 15 is 0 Å². The number of carbonyl (C=O) groups is 2. The Morgan fingerprint density at radius 1 is 1.26 bits per heavy atom. The molecule has 1 atom stereocenters. The lowest BCUT2D eigenvalue weighted by molar-refractivity contribution is -0.140. The van der Waals surface area contributed by atoms with Crippen molar-refractivity contribution in [3.05, 3.63) is 41.1 Å². The quantitative estimate of drug-likeness (QED) is 0.661. The summed E-state index contributed by atoms with van der Waals surface area (Å²) in [4.78, 5) is 24.9. The van der Waals surface area contributed by atoms with E-state index in [4.69, 9.17) is 4.74 Å². The van der Waals surface area contributed by atoms with Crippen LogP contribution < -0.4 is 10.6 Å². The molecule has 1 unspecified atom stereocenters. The van der Waals surface area contributed by atoms with Crippen LogP contribution in [-0.2, 0) is 9.53 Å². The third kappa shape index (κ3) is 4.81. The zero-order valence-corrected chi connectivity index (χ0v) is 15.8. The van der Waals surface area contributed by atoms with Crippen LogP contribution in [0.4, 0.5) is 4.79 Å². The maximum Gasteiger partial charge on any atom is 0.338 e. The number of urea groups is 1. The number of ether oxygens (including phenoxy) is 1. The summed E-state index contributed by atoms with van der Waals surface area (Å²) >= 11 is 0. The van der Waals surface area contributed by atoms with Gasteiger partial charge in [0, 0.05) is 5.70 Å². The van der Waals surface area contributed by atoms with Gasteiger partial charge in [0.15, 0.2) is 0 Å². The first-order valence-corrected chi connectivity index (χ1v) is 9.85.